The monoisotopic (exact) mass is 459 g/mol. The van der Waals surface area contributed by atoms with Gasteiger partial charge in [0.25, 0.3) is 11.7 Å². The third-order valence-corrected chi connectivity index (χ3v) is 5.89. The van der Waals surface area contributed by atoms with Gasteiger partial charge in [-0.05, 0) is 41.8 Å². The Morgan fingerprint density at radius 2 is 1.59 bits per heavy atom. The molecule has 1 heterocycles. The lowest BCUT2D eigenvalue weighted by molar-refractivity contribution is -0.139. The fourth-order valence-corrected chi connectivity index (χ4v) is 4.14. The van der Waals surface area contributed by atoms with Gasteiger partial charge in [0, 0.05) is 12.1 Å². The van der Waals surface area contributed by atoms with Crippen LogP contribution in [-0.2, 0) is 16.0 Å². The van der Waals surface area contributed by atoms with E-state index in [9.17, 15) is 19.8 Å². The van der Waals surface area contributed by atoms with E-state index in [2.05, 4.69) is 0 Å². The predicted molar refractivity (Wildman–Crippen MR) is 127 cm³/mol. The van der Waals surface area contributed by atoms with Crippen molar-refractivity contribution in [1.82, 2.24) is 4.90 Å². The number of ketones is 1. The topological polar surface area (TPSA) is 96.3 Å². The third-order valence-electron chi connectivity index (χ3n) is 5.89. The van der Waals surface area contributed by atoms with Crippen molar-refractivity contribution in [2.45, 2.75) is 12.5 Å². The Bertz CT molecular complexity index is 1230. The molecule has 0 saturated carbocycles. The molecule has 1 amide bonds. The van der Waals surface area contributed by atoms with Crippen LogP contribution in [0.5, 0.6) is 17.2 Å². The number of aliphatic hydroxyl groups excluding tert-OH is 1. The normalized spacial score (nSPS) is 17.1. The maximum absolute atomic E-state index is 13.1. The number of rotatable bonds is 7. The van der Waals surface area contributed by atoms with Crippen LogP contribution in [0.3, 0.4) is 0 Å². The van der Waals surface area contributed by atoms with Gasteiger partial charge in [0.1, 0.15) is 11.5 Å². The number of nitrogens with zero attached hydrogens (tertiary/aromatic N) is 1. The van der Waals surface area contributed by atoms with Gasteiger partial charge in [-0.25, -0.2) is 0 Å². The molecule has 0 spiro atoms. The van der Waals surface area contributed by atoms with Gasteiger partial charge in [0.2, 0.25) is 0 Å². The Labute approximate surface area is 197 Å². The zero-order valence-electron chi connectivity index (χ0n) is 18.9. The van der Waals surface area contributed by atoms with Gasteiger partial charge in [0.15, 0.2) is 11.5 Å². The molecule has 1 aliphatic rings. The number of hydrogen-bond donors (Lipinski definition) is 2. The van der Waals surface area contributed by atoms with Crippen LogP contribution in [0.1, 0.15) is 22.7 Å². The van der Waals surface area contributed by atoms with Crippen LogP contribution < -0.4 is 9.47 Å². The van der Waals surface area contributed by atoms with E-state index in [0.29, 0.717) is 29.0 Å². The Hall–Kier alpha value is -4.26. The summed E-state index contributed by atoms with van der Waals surface area (Å²) in [6, 6.07) is 19.7. The number of ether oxygens (including phenoxy) is 2. The quantitative estimate of drug-likeness (QED) is 0.314. The van der Waals surface area contributed by atoms with Crippen LogP contribution >= 0.6 is 0 Å². The summed E-state index contributed by atoms with van der Waals surface area (Å²) in [5.74, 6) is -0.551. The molecule has 174 valence electrons. The van der Waals surface area contributed by atoms with Crippen LogP contribution in [0.15, 0.2) is 78.4 Å². The maximum atomic E-state index is 13.1. The van der Waals surface area contributed by atoms with E-state index >= 15 is 0 Å². The van der Waals surface area contributed by atoms with Crippen molar-refractivity contribution >= 4 is 17.4 Å². The summed E-state index contributed by atoms with van der Waals surface area (Å²) in [6.45, 7) is 0.236. The van der Waals surface area contributed by atoms with Gasteiger partial charge >= 0.3 is 0 Å². The minimum absolute atomic E-state index is 0.0223. The molecule has 0 aliphatic carbocycles. The zero-order valence-corrected chi connectivity index (χ0v) is 18.9. The number of carbonyl (C=O) groups excluding carboxylic acids is 2. The zero-order chi connectivity index (χ0) is 24.2. The summed E-state index contributed by atoms with van der Waals surface area (Å²) in [7, 11) is 3.03. The van der Waals surface area contributed by atoms with Gasteiger partial charge in [0.05, 0.1) is 25.8 Å². The molecule has 0 bridgehead atoms. The van der Waals surface area contributed by atoms with Crippen molar-refractivity contribution in [3.05, 3.63) is 95.1 Å². The van der Waals surface area contributed by atoms with Gasteiger partial charge < -0.3 is 24.6 Å². The Kier molecular flexibility index (Phi) is 6.54. The number of benzene rings is 3. The SMILES string of the molecule is COc1ccc([C@H]2C(=C(O)c3ccccc3)C(=O)C(=O)N2CCc2ccc(O)cc2)cc1OC. The summed E-state index contributed by atoms with van der Waals surface area (Å²) in [6.07, 6.45) is 0.461. The van der Waals surface area contributed by atoms with Gasteiger partial charge in [-0.1, -0.05) is 48.5 Å². The number of amides is 1. The molecule has 0 radical (unpaired) electrons. The standard InChI is InChI=1S/C27H25NO6/c1-33-21-13-10-19(16-22(21)34-2)24-23(25(30)18-6-4-3-5-7-18)26(31)27(32)28(24)15-14-17-8-11-20(29)12-9-17/h3-13,16,24,29-30H,14-15H2,1-2H3/t24-/m0/s1. The number of phenols is 1. The van der Waals surface area contributed by atoms with Crippen LogP contribution in [0, 0.1) is 0 Å². The van der Waals surface area contributed by atoms with Crippen molar-refractivity contribution in [3.63, 3.8) is 0 Å². The molecule has 1 saturated heterocycles. The van der Waals surface area contributed by atoms with E-state index in [1.807, 2.05) is 0 Å². The van der Waals surface area contributed by atoms with E-state index < -0.39 is 17.7 Å². The first-order valence-corrected chi connectivity index (χ1v) is 10.8. The summed E-state index contributed by atoms with van der Waals surface area (Å²) in [5.41, 5.74) is 1.98. The van der Waals surface area contributed by atoms with Crippen molar-refractivity contribution < 1.29 is 29.3 Å². The van der Waals surface area contributed by atoms with E-state index in [1.54, 1.807) is 72.8 Å². The summed E-state index contributed by atoms with van der Waals surface area (Å²) in [5, 5.41) is 20.6. The lowest BCUT2D eigenvalue weighted by atomic mass is 9.95. The van der Waals surface area contributed by atoms with E-state index in [1.165, 1.54) is 19.1 Å². The van der Waals surface area contributed by atoms with Crippen molar-refractivity contribution in [2.75, 3.05) is 20.8 Å². The molecule has 3 aromatic rings. The lowest BCUT2D eigenvalue weighted by Crippen LogP contribution is -2.31. The number of methoxy groups -OCH3 is 2. The summed E-state index contributed by atoms with van der Waals surface area (Å²) in [4.78, 5) is 27.7. The first-order chi connectivity index (χ1) is 16.4. The van der Waals surface area contributed by atoms with E-state index in [0.717, 1.165) is 5.56 Å². The lowest BCUT2D eigenvalue weighted by Gasteiger charge is -2.26. The molecule has 3 aromatic carbocycles. The minimum Gasteiger partial charge on any atom is -0.508 e. The number of Topliss-reactive ketones (excluding diaryl/α,β-unsaturated/α-hetero) is 1. The summed E-state index contributed by atoms with van der Waals surface area (Å²) < 4.78 is 10.8. The van der Waals surface area contributed by atoms with Crippen molar-refractivity contribution in [2.24, 2.45) is 0 Å². The fourth-order valence-electron chi connectivity index (χ4n) is 4.14. The minimum atomic E-state index is -0.808. The molecular formula is C27H25NO6. The second-order valence-corrected chi connectivity index (χ2v) is 7.89. The highest BCUT2D eigenvalue weighted by Gasteiger charge is 2.46. The highest BCUT2D eigenvalue weighted by atomic mass is 16.5. The number of aliphatic hydroxyl groups is 1. The molecule has 34 heavy (non-hydrogen) atoms. The largest absolute Gasteiger partial charge is 0.508 e. The molecule has 1 fully saturated rings. The molecule has 1 atom stereocenters. The number of aromatic hydroxyl groups is 1. The van der Waals surface area contributed by atoms with Gasteiger partial charge in [-0.15, -0.1) is 0 Å². The number of carbonyl (C=O) groups is 2. The Balaban J connectivity index is 1.80. The molecule has 1 aliphatic heterocycles. The predicted octanol–water partition coefficient (Wildman–Crippen LogP) is 4.07. The number of likely N-dealkylation sites (tertiary alicyclic amines) is 1. The molecule has 0 aromatic heterocycles. The van der Waals surface area contributed by atoms with Crippen LogP contribution in [0.25, 0.3) is 5.76 Å². The average molecular weight is 459 g/mol. The molecule has 7 nitrogen and oxygen atoms in total. The van der Waals surface area contributed by atoms with E-state index in [4.69, 9.17) is 9.47 Å². The second kappa shape index (κ2) is 9.70. The molecule has 7 heteroatoms. The maximum Gasteiger partial charge on any atom is 0.295 e. The Morgan fingerprint density at radius 3 is 2.24 bits per heavy atom. The highest BCUT2D eigenvalue weighted by Crippen LogP contribution is 2.42. The van der Waals surface area contributed by atoms with Crippen LogP contribution in [-0.4, -0.2) is 47.6 Å². The smallest absolute Gasteiger partial charge is 0.295 e. The third kappa shape index (κ3) is 4.32. The number of hydrogen-bond acceptors (Lipinski definition) is 6. The number of phenolic OH excluding ortho intramolecular Hbond substituents is 1. The van der Waals surface area contributed by atoms with Crippen molar-refractivity contribution in [3.8, 4) is 17.2 Å². The first-order valence-electron chi connectivity index (χ1n) is 10.8. The molecule has 2 N–H and O–H groups in total. The van der Waals surface area contributed by atoms with Crippen molar-refractivity contribution in [1.29, 1.82) is 0 Å². The first kappa shape index (κ1) is 22.9. The van der Waals surface area contributed by atoms with Gasteiger partial charge in [-0.3, -0.25) is 9.59 Å². The highest BCUT2D eigenvalue weighted by molar-refractivity contribution is 6.46. The fraction of sp³-hybridized carbons (Fsp3) is 0.185. The summed E-state index contributed by atoms with van der Waals surface area (Å²) >= 11 is 0. The van der Waals surface area contributed by atoms with Crippen LogP contribution in [0.2, 0.25) is 0 Å². The molecule has 4 rings (SSSR count). The molecular weight excluding hydrogens is 434 g/mol. The average Bonchev–Trinajstić information content (AvgIpc) is 3.13. The van der Waals surface area contributed by atoms with Crippen LogP contribution in [0.4, 0.5) is 0 Å². The molecule has 0 unspecified atom stereocenters. The Morgan fingerprint density at radius 1 is 0.912 bits per heavy atom. The second-order valence-electron chi connectivity index (χ2n) is 7.89. The van der Waals surface area contributed by atoms with E-state index in [-0.39, 0.29) is 23.6 Å². The van der Waals surface area contributed by atoms with Gasteiger partial charge in [-0.2, -0.15) is 0 Å².